The summed E-state index contributed by atoms with van der Waals surface area (Å²) in [4.78, 5) is 26.1. The number of carbonyl (C=O) groups is 1. The van der Waals surface area contributed by atoms with Crippen molar-refractivity contribution in [2.75, 3.05) is 11.9 Å². The first kappa shape index (κ1) is 21.4. The SMILES string of the molecule is C[C@@]12CC[C@@](c3cn4cc(C(=O)Nc5cccc(C(F)F)n5)nc(OC5CCC5)c4n3)(CO1)C2. The summed E-state index contributed by atoms with van der Waals surface area (Å²) in [6.45, 7) is 2.77. The van der Waals surface area contributed by atoms with Gasteiger partial charge in [0, 0.05) is 17.8 Å². The van der Waals surface area contributed by atoms with Crippen LogP contribution < -0.4 is 10.1 Å². The number of fused-ring (bicyclic) bond motifs is 3. The van der Waals surface area contributed by atoms with E-state index in [0.29, 0.717) is 18.1 Å². The molecule has 0 spiro atoms. The van der Waals surface area contributed by atoms with Gasteiger partial charge in [0.25, 0.3) is 18.2 Å². The highest BCUT2D eigenvalue weighted by molar-refractivity contribution is 6.02. The zero-order valence-electron chi connectivity index (χ0n) is 18.8. The van der Waals surface area contributed by atoms with Gasteiger partial charge in [-0.1, -0.05) is 6.07 Å². The van der Waals surface area contributed by atoms with Gasteiger partial charge < -0.3 is 14.8 Å². The Bertz CT molecular complexity index is 1260. The average Bonchev–Trinajstić information content (AvgIpc) is 3.47. The molecule has 2 saturated carbocycles. The van der Waals surface area contributed by atoms with Gasteiger partial charge in [0.1, 0.15) is 23.3 Å². The molecule has 6 rings (SSSR count). The molecule has 1 amide bonds. The molecule has 34 heavy (non-hydrogen) atoms. The number of nitrogens with one attached hydrogen (secondary N) is 1. The van der Waals surface area contributed by atoms with E-state index in [-0.39, 0.29) is 28.6 Å². The third-order valence-electron chi connectivity index (χ3n) is 7.29. The van der Waals surface area contributed by atoms with Crippen LogP contribution in [0.3, 0.4) is 0 Å². The van der Waals surface area contributed by atoms with Gasteiger partial charge in [-0.3, -0.25) is 9.20 Å². The van der Waals surface area contributed by atoms with Crippen LogP contribution in [0.2, 0.25) is 0 Å². The number of aromatic nitrogens is 4. The molecule has 3 fully saturated rings. The van der Waals surface area contributed by atoms with Crippen LogP contribution in [0.1, 0.15) is 73.8 Å². The highest BCUT2D eigenvalue weighted by Gasteiger charge is 2.55. The fourth-order valence-electron chi connectivity index (χ4n) is 5.13. The van der Waals surface area contributed by atoms with Gasteiger partial charge in [-0.2, -0.15) is 0 Å². The van der Waals surface area contributed by atoms with Gasteiger partial charge in [-0.05, 0) is 57.6 Å². The van der Waals surface area contributed by atoms with Gasteiger partial charge in [-0.15, -0.1) is 0 Å². The van der Waals surface area contributed by atoms with Crippen molar-refractivity contribution in [3.05, 3.63) is 47.7 Å². The van der Waals surface area contributed by atoms with E-state index in [1.165, 1.54) is 18.2 Å². The van der Waals surface area contributed by atoms with Crippen molar-refractivity contribution in [3.8, 4) is 5.88 Å². The molecule has 2 bridgehead atoms. The monoisotopic (exact) mass is 469 g/mol. The van der Waals surface area contributed by atoms with Crippen LogP contribution in [0.5, 0.6) is 5.88 Å². The number of anilines is 1. The number of amides is 1. The largest absolute Gasteiger partial charge is 0.472 e. The van der Waals surface area contributed by atoms with E-state index < -0.39 is 18.0 Å². The number of alkyl halides is 2. The van der Waals surface area contributed by atoms with Gasteiger partial charge >= 0.3 is 0 Å². The minimum absolute atomic E-state index is 0.0321. The van der Waals surface area contributed by atoms with Crippen molar-refractivity contribution in [2.45, 2.75) is 69.0 Å². The van der Waals surface area contributed by atoms with Crippen molar-refractivity contribution in [1.29, 1.82) is 0 Å². The molecule has 3 aromatic heterocycles. The Labute approximate surface area is 194 Å². The first-order valence-electron chi connectivity index (χ1n) is 11.6. The standard InChI is InChI=1S/C24H25F2N5O3/c1-23-8-9-24(12-23,13-33-23)17-11-31-10-16(28-22(20(31)29-17)34-14-4-2-5-14)21(32)30-18-7-3-6-15(27-18)19(25)26/h3,6-7,10-11,14,19H,2,4-5,8-9,12-13H2,1H3,(H,27,30,32)/t23-,24-/m0/s1. The Morgan fingerprint density at radius 3 is 2.74 bits per heavy atom. The first-order chi connectivity index (χ1) is 16.3. The van der Waals surface area contributed by atoms with E-state index in [4.69, 9.17) is 14.5 Å². The van der Waals surface area contributed by atoms with Crippen molar-refractivity contribution >= 4 is 17.4 Å². The van der Waals surface area contributed by atoms with Crippen molar-refractivity contribution in [1.82, 2.24) is 19.4 Å². The van der Waals surface area contributed by atoms with E-state index in [1.807, 2.05) is 6.20 Å². The fourth-order valence-corrected chi connectivity index (χ4v) is 5.13. The third kappa shape index (κ3) is 3.60. The van der Waals surface area contributed by atoms with Crippen LogP contribution in [0, 0.1) is 0 Å². The maximum atomic E-state index is 13.0. The predicted molar refractivity (Wildman–Crippen MR) is 118 cm³/mol. The van der Waals surface area contributed by atoms with Crippen molar-refractivity contribution in [2.24, 2.45) is 0 Å². The summed E-state index contributed by atoms with van der Waals surface area (Å²) in [5.74, 6) is -0.232. The predicted octanol–water partition coefficient (Wildman–Crippen LogP) is 4.46. The molecule has 178 valence electrons. The van der Waals surface area contributed by atoms with Crippen LogP contribution in [0.15, 0.2) is 30.6 Å². The van der Waals surface area contributed by atoms with E-state index in [1.54, 1.807) is 10.6 Å². The van der Waals surface area contributed by atoms with Crippen LogP contribution in [0.4, 0.5) is 14.6 Å². The smallest absolute Gasteiger partial charge is 0.280 e. The number of halogens is 2. The lowest BCUT2D eigenvalue weighted by Gasteiger charge is -2.26. The molecule has 10 heteroatoms. The molecule has 8 nitrogen and oxygen atoms in total. The average molecular weight is 469 g/mol. The molecule has 4 heterocycles. The second-order valence-corrected chi connectivity index (χ2v) is 9.86. The van der Waals surface area contributed by atoms with Gasteiger partial charge in [-0.25, -0.2) is 23.7 Å². The maximum Gasteiger partial charge on any atom is 0.280 e. The third-order valence-corrected chi connectivity index (χ3v) is 7.29. The molecule has 1 aliphatic heterocycles. The molecular weight excluding hydrogens is 444 g/mol. The van der Waals surface area contributed by atoms with Crippen LogP contribution >= 0.6 is 0 Å². The molecule has 1 saturated heterocycles. The lowest BCUT2D eigenvalue weighted by Crippen LogP contribution is -2.27. The molecule has 3 aromatic rings. The second kappa shape index (κ2) is 7.69. The lowest BCUT2D eigenvalue weighted by atomic mass is 9.84. The Kier molecular flexibility index (Phi) is 4.84. The number of hydrogen-bond donors (Lipinski definition) is 1. The summed E-state index contributed by atoms with van der Waals surface area (Å²) in [6.07, 6.45) is 6.68. The van der Waals surface area contributed by atoms with Gasteiger partial charge in [0.15, 0.2) is 0 Å². The molecular formula is C24H25F2N5O3. The van der Waals surface area contributed by atoms with Gasteiger partial charge in [0.2, 0.25) is 5.65 Å². The number of rotatable bonds is 6. The first-order valence-corrected chi connectivity index (χ1v) is 11.6. The second-order valence-electron chi connectivity index (χ2n) is 9.86. The number of carbonyl (C=O) groups excluding carboxylic acids is 1. The van der Waals surface area contributed by atoms with E-state index in [0.717, 1.165) is 44.2 Å². The zero-order valence-corrected chi connectivity index (χ0v) is 18.8. The molecule has 0 aromatic carbocycles. The summed E-state index contributed by atoms with van der Waals surface area (Å²) in [5.41, 5.74) is 0.909. The van der Waals surface area contributed by atoms with E-state index in [9.17, 15) is 13.6 Å². The number of ether oxygens (including phenoxy) is 2. The minimum Gasteiger partial charge on any atom is -0.472 e. The molecule has 2 aliphatic carbocycles. The molecule has 2 atom stereocenters. The molecule has 3 aliphatic rings. The summed E-state index contributed by atoms with van der Waals surface area (Å²) < 4.78 is 39.9. The topological polar surface area (TPSA) is 90.6 Å². The number of imidazole rings is 1. The highest BCUT2D eigenvalue weighted by atomic mass is 19.3. The van der Waals surface area contributed by atoms with E-state index in [2.05, 4.69) is 22.2 Å². The molecule has 0 unspecified atom stereocenters. The van der Waals surface area contributed by atoms with Gasteiger partial charge in [0.05, 0.1) is 17.9 Å². The summed E-state index contributed by atoms with van der Waals surface area (Å²) in [6, 6.07) is 4.09. The molecule has 1 N–H and O–H groups in total. The van der Waals surface area contributed by atoms with Crippen LogP contribution in [-0.2, 0) is 10.2 Å². The van der Waals surface area contributed by atoms with Crippen LogP contribution in [-0.4, -0.2) is 43.6 Å². The lowest BCUT2D eigenvalue weighted by molar-refractivity contribution is -0.00627. The highest BCUT2D eigenvalue weighted by Crippen LogP contribution is 2.53. The Morgan fingerprint density at radius 2 is 2.09 bits per heavy atom. The zero-order chi connectivity index (χ0) is 23.5. The quantitative estimate of drug-likeness (QED) is 0.573. The summed E-state index contributed by atoms with van der Waals surface area (Å²) in [7, 11) is 0. The normalized spacial score (nSPS) is 26.2. The Balaban J connectivity index is 1.35. The van der Waals surface area contributed by atoms with E-state index >= 15 is 0 Å². The Hall–Kier alpha value is -3.14. The Morgan fingerprint density at radius 1 is 1.24 bits per heavy atom. The minimum atomic E-state index is -2.73. The van der Waals surface area contributed by atoms with Crippen molar-refractivity contribution < 1.29 is 23.0 Å². The number of nitrogens with zero attached hydrogens (tertiary/aromatic N) is 4. The number of hydrogen-bond acceptors (Lipinski definition) is 6. The van der Waals surface area contributed by atoms with Crippen molar-refractivity contribution in [3.63, 3.8) is 0 Å². The summed E-state index contributed by atoms with van der Waals surface area (Å²) in [5, 5.41) is 2.56. The maximum absolute atomic E-state index is 13.0. The molecule has 0 radical (unpaired) electrons. The summed E-state index contributed by atoms with van der Waals surface area (Å²) >= 11 is 0. The fraction of sp³-hybridized carbons (Fsp3) is 0.500. The number of pyridine rings is 1. The van der Waals surface area contributed by atoms with Crippen LogP contribution in [0.25, 0.3) is 5.65 Å².